The van der Waals surface area contributed by atoms with E-state index in [0.29, 0.717) is 20.9 Å². The van der Waals surface area contributed by atoms with Crippen molar-refractivity contribution in [2.45, 2.75) is 5.03 Å². The van der Waals surface area contributed by atoms with Crippen molar-refractivity contribution < 1.29 is 9.52 Å². The van der Waals surface area contributed by atoms with E-state index < -0.39 is 0 Å². The van der Waals surface area contributed by atoms with Crippen LogP contribution in [0.5, 0.6) is 0 Å². The van der Waals surface area contributed by atoms with Gasteiger partial charge in [-0.3, -0.25) is 4.79 Å². The lowest BCUT2D eigenvalue weighted by molar-refractivity contribution is -0.645. The predicted molar refractivity (Wildman–Crippen MR) is 97.3 cm³/mol. The van der Waals surface area contributed by atoms with Gasteiger partial charge in [0.05, 0.1) is 11.4 Å². The maximum Gasteiger partial charge on any atom is 0.251 e. The predicted octanol–water partition coefficient (Wildman–Crippen LogP) is 3.83. The molecular weight excluding hydrogens is 366 g/mol. The van der Waals surface area contributed by atoms with Crippen LogP contribution in [-0.4, -0.2) is 16.6 Å². The molecule has 2 heterocycles. The Balaban J connectivity index is 1.62. The van der Waals surface area contributed by atoms with Crippen LogP contribution < -0.4 is 10.0 Å². The van der Waals surface area contributed by atoms with Crippen molar-refractivity contribution in [3.63, 3.8) is 0 Å². The summed E-state index contributed by atoms with van der Waals surface area (Å²) in [5.41, 5.74) is 1.54. The summed E-state index contributed by atoms with van der Waals surface area (Å²) in [6, 6.07) is 12.5. The molecule has 24 heavy (non-hydrogen) atoms. The minimum Gasteiger partial charge on any atom is -0.618 e. The first-order valence-electron chi connectivity index (χ1n) is 6.95. The average Bonchev–Trinajstić information content (AvgIpc) is 3.03. The molecule has 0 atom stereocenters. The molecule has 0 spiro atoms. The normalized spacial score (nSPS) is 10.5. The first-order valence-corrected chi connectivity index (χ1v) is 9.19. The number of thiazole rings is 1. The quantitative estimate of drug-likeness (QED) is 0.417. The minimum absolute atomic E-state index is 0.132. The Labute approximate surface area is 151 Å². The highest BCUT2D eigenvalue weighted by atomic mass is 35.5. The Morgan fingerprint density at radius 3 is 2.88 bits per heavy atom. The highest BCUT2D eigenvalue weighted by molar-refractivity contribution is 7.99. The van der Waals surface area contributed by atoms with E-state index in [9.17, 15) is 10.0 Å². The van der Waals surface area contributed by atoms with E-state index in [1.807, 2.05) is 23.6 Å². The molecule has 0 aliphatic heterocycles. The summed E-state index contributed by atoms with van der Waals surface area (Å²) in [7, 11) is 0. The Morgan fingerprint density at radius 2 is 2.08 bits per heavy atom. The molecule has 122 valence electrons. The zero-order chi connectivity index (χ0) is 16.9. The van der Waals surface area contributed by atoms with Gasteiger partial charge in [0.2, 0.25) is 5.91 Å². The molecular formula is C16H12ClN3O2S2. The van der Waals surface area contributed by atoms with Crippen molar-refractivity contribution in [1.82, 2.24) is 4.98 Å². The lowest BCUT2D eigenvalue weighted by atomic mass is 10.2. The maximum absolute atomic E-state index is 12.0. The van der Waals surface area contributed by atoms with Gasteiger partial charge in [0.25, 0.3) is 5.03 Å². The molecule has 0 unspecified atom stereocenters. The van der Waals surface area contributed by atoms with E-state index >= 15 is 0 Å². The van der Waals surface area contributed by atoms with Crippen LogP contribution in [0, 0.1) is 5.21 Å². The SMILES string of the molecule is O=C(CSc1cccc[n+]1[O-])Nc1nc(-c2ccccc2Cl)cs1. The van der Waals surface area contributed by atoms with Crippen LogP contribution in [0.4, 0.5) is 5.13 Å². The molecule has 3 rings (SSSR count). The molecule has 8 heteroatoms. The lowest BCUT2D eigenvalue weighted by Crippen LogP contribution is -2.28. The van der Waals surface area contributed by atoms with Crippen LogP contribution in [0.15, 0.2) is 59.1 Å². The monoisotopic (exact) mass is 377 g/mol. The second kappa shape index (κ2) is 7.65. The molecule has 0 aliphatic carbocycles. The van der Waals surface area contributed by atoms with Crippen molar-refractivity contribution in [2.24, 2.45) is 0 Å². The van der Waals surface area contributed by atoms with Gasteiger partial charge in [0.15, 0.2) is 11.3 Å². The number of amides is 1. The third kappa shape index (κ3) is 4.05. The number of nitrogens with zero attached hydrogens (tertiary/aromatic N) is 2. The van der Waals surface area contributed by atoms with Crippen molar-refractivity contribution >= 4 is 45.7 Å². The number of thioether (sulfide) groups is 1. The number of hydrogen-bond acceptors (Lipinski definition) is 5. The molecule has 1 amide bonds. The topological polar surface area (TPSA) is 68.9 Å². The second-order valence-electron chi connectivity index (χ2n) is 4.72. The molecule has 1 N–H and O–H groups in total. The minimum atomic E-state index is -0.219. The van der Waals surface area contributed by atoms with Gasteiger partial charge in [0.1, 0.15) is 0 Å². The number of rotatable bonds is 5. The standard InChI is InChI=1S/C16H12ClN3O2S2/c17-12-6-2-1-5-11(12)13-9-24-16(18-13)19-14(21)10-23-15-7-3-4-8-20(15)22/h1-9H,10H2,(H,18,19,21). The van der Waals surface area contributed by atoms with Crippen molar-refractivity contribution in [3.8, 4) is 11.3 Å². The number of halogens is 1. The van der Waals surface area contributed by atoms with Crippen molar-refractivity contribution in [1.29, 1.82) is 0 Å². The van der Waals surface area contributed by atoms with Gasteiger partial charge in [-0.1, -0.05) is 29.8 Å². The molecule has 5 nitrogen and oxygen atoms in total. The van der Waals surface area contributed by atoms with E-state index in [0.717, 1.165) is 10.3 Å². The fourth-order valence-corrected chi connectivity index (χ4v) is 3.62. The first kappa shape index (κ1) is 16.8. The zero-order valence-corrected chi connectivity index (χ0v) is 14.7. The van der Waals surface area contributed by atoms with Crippen molar-refractivity contribution in [2.75, 3.05) is 11.1 Å². The van der Waals surface area contributed by atoms with Gasteiger partial charge in [-0.15, -0.1) is 11.3 Å². The Bertz CT molecular complexity index is 870. The third-order valence-corrected chi connectivity index (χ3v) is 5.15. The van der Waals surface area contributed by atoms with Crippen LogP contribution in [-0.2, 0) is 4.79 Å². The molecule has 0 radical (unpaired) electrons. The van der Waals surface area contributed by atoms with Crippen molar-refractivity contribution in [3.05, 3.63) is 64.3 Å². The summed E-state index contributed by atoms with van der Waals surface area (Å²) in [5.74, 6) is -0.0864. The summed E-state index contributed by atoms with van der Waals surface area (Å²) < 4.78 is 0.733. The van der Waals surface area contributed by atoms with Gasteiger partial charge in [0, 0.05) is 28.1 Å². The van der Waals surface area contributed by atoms with Crippen LogP contribution in [0.2, 0.25) is 5.02 Å². The second-order valence-corrected chi connectivity index (χ2v) is 6.98. The summed E-state index contributed by atoms with van der Waals surface area (Å²) >= 11 is 8.65. The van der Waals surface area contributed by atoms with Gasteiger partial charge in [-0.05, 0) is 23.9 Å². The van der Waals surface area contributed by atoms with E-state index in [1.54, 1.807) is 24.3 Å². The summed E-state index contributed by atoms with van der Waals surface area (Å²) in [6.07, 6.45) is 1.40. The Morgan fingerprint density at radius 1 is 1.29 bits per heavy atom. The van der Waals surface area contributed by atoms with E-state index in [-0.39, 0.29) is 11.7 Å². The van der Waals surface area contributed by atoms with Gasteiger partial charge in [-0.25, -0.2) is 4.98 Å². The third-order valence-electron chi connectivity index (χ3n) is 3.04. The number of aromatic nitrogens is 2. The smallest absolute Gasteiger partial charge is 0.251 e. The fraction of sp³-hybridized carbons (Fsp3) is 0.0625. The molecule has 1 aromatic carbocycles. The lowest BCUT2D eigenvalue weighted by Gasteiger charge is -2.03. The van der Waals surface area contributed by atoms with E-state index in [1.165, 1.54) is 29.3 Å². The number of carbonyl (C=O) groups excluding carboxylic acids is 1. The zero-order valence-electron chi connectivity index (χ0n) is 12.3. The molecule has 0 saturated heterocycles. The van der Waals surface area contributed by atoms with Gasteiger partial charge in [-0.2, -0.15) is 4.73 Å². The number of anilines is 1. The molecule has 0 bridgehead atoms. The number of nitrogens with one attached hydrogen (secondary N) is 1. The summed E-state index contributed by atoms with van der Waals surface area (Å²) in [5, 5.41) is 17.7. The number of hydrogen-bond donors (Lipinski definition) is 1. The van der Waals surface area contributed by atoms with Crippen LogP contribution in [0.1, 0.15) is 0 Å². The molecule has 0 fully saturated rings. The molecule has 0 aliphatic rings. The van der Waals surface area contributed by atoms with Gasteiger partial charge >= 0.3 is 0 Å². The van der Waals surface area contributed by atoms with Crippen LogP contribution in [0.25, 0.3) is 11.3 Å². The molecule has 2 aromatic heterocycles. The molecule has 3 aromatic rings. The first-order chi connectivity index (χ1) is 11.6. The maximum atomic E-state index is 12.0. The van der Waals surface area contributed by atoms with Crippen LogP contribution >= 0.6 is 34.7 Å². The number of carbonyl (C=O) groups is 1. The number of benzene rings is 1. The highest BCUT2D eigenvalue weighted by Gasteiger charge is 2.12. The summed E-state index contributed by atoms with van der Waals surface area (Å²) in [6.45, 7) is 0. The Kier molecular flexibility index (Phi) is 5.34. The fourth-order valence-electron chi connectivity index (χ4n) is 1.94. The highest BCUT2D eigenvalue weighted by Crippen LogP contribution is 2.30. The number of pyridine rings is 1. The largest absolute Gasteiger partial charge is 0.618 e. The molecule has 0 saturated carbocycles. The van der Waals surface area contributed by atoms with Crippen LogP contribution in [0.3, 0.4) is 0 Å². The summed E-state index contributed by atoms with van der Waals surface area (Å²) in [4.78, 5) is 16.4. The van der Waals surface area contributed by atoms with E-state index in [2.05, 4.69) is 10.3 Å². The Hall–Kier alpha value is -2.09. The van der Waals surface area contributed by atoms with Gasteiger partial charge < -0.3 is 10.5 Å². The van der Waals surface area contributed by atoms with E-state index in [4.69, 9.17) is 11.6 Å². The average molecular weight is 378 g/mol.